The van der Waals surface area contributed by atoms with Gasteiger partial charge in [0, 0.05) is 70.5 Å². The van der Waals surface area contributed by atoms with Crippen molar-refractivity contribution in [3.8, 4) is 11.3 Å². The lowest BCUT2D eigenvalue weighted by Gasteiger charge is -2.28. The Kier molecular flexibility index (Phi) is 8.74. The number of benzene rings is 2. The number of nitrogens with one attached hydrogen (secondary N) is 3. The molecule has 0 atom stereocenters. The van der Waals surface area contributed by atoms with Gasteiger partial charge in [0.2, 0.25) is 0 Å². The highest BCUT2D eigenvalue weighted by Gasteiger charge is 2.26. The van der Waals surface area contributed by atoms with Gasteiger partial charge < -0.3 is 29.7 Å². The molecule has 0 unspecified atom stereocenters. The van der Waals surface area contributed by atoms with Crippen LogP contribution in [0.1, 0.15) is 22.6 Å². The van der Waals surface area contributed by atoms with Crippen LogP contribution in [0.4, 0.5) is 17.2 Å². The van der Waals surface area contributed by atoms with E-state index in [0.717, 1.165) is 60.1 Å². The van der Waals surface area contributed by atoms with E-state index in [2.05, 4.69) is 41.8 Å². The fraction of sp³-hybridized carbons (Fsp3) is 0.114. The largest absolute Gasteiger partial charge is 0.457 e. The Bertz CT molecular complexity index is 2060. The first-order chi connectivity index (χ1) is 22.8. The summed E-state index contributed by atoms with van der Waals surface area (Å²) in [5, 5.41) is 10.1. The lowest BCUT2D eigenvalue weighted by molar-refractivity contribution is -0.111. The van der Waals surface area contributed by atoms with Crippen molar-refractivity contribution < 1.29 is 18.4 Å². The highest BCUT2D eigenvalue weighted by molar-refractivity contribution is 9.10. The minimum Gasteiger partial charge on any atom is -0.457 e. The van der Waals surface area contributed by atoms with Crippen molar-refractivity contribution >= 4 is 91.4 Å². The molecule has 5 aromatic rings. The molecule has 3 aliphatic heterocycles. The molecule has 6 heterocycles. The van der Waals surface area contributed by atoms with Crippen LogP contribution in [0.2, 0.25) is 10.0 Å². The van der Waals surface area contributed by atoms with Gasteiger partial charge in [-0.05, 0) is 101 Å². The van der Waals surface area contributed by atoms with E-state index in [4.69, 9.17) is 32.0 Å². The normalized spacial score (nSPS) is 16.9. The van der Waals surface area contributed by atoms with Gasteiger partial charge in [-0.25, -0.2) is 4.98 Å². The first-order valence-corrected chi connectivity index (χ1v) is 16.3. The number of furan rings is 2. The van der Waals surface area contributed by atoms with Gasteiger partial charge in [0.15, 0.2) is 4.67 Å². The van der Waals surface area contributed by atoms with E-state index in [1.807, 2.05) is 30.5 Å². The van der Waals surface area contributed by atoms with Crippen LogP contribution < -0.4 is 20.9 Å². The summed E-state index contributed by atoms with van der Waals surface area (Å²) in [7, 11) is 0. The van der Waals surface area contributed by atoms with Gasteiger partial charge >= 0.3 is 0 Å². The number of aromatic nitrogens is 1. The Hall–Kier alpha value is -4.61. The molecule has 236 valence electrons. The molecule has 1 fully saturated rings. The smallest absolute Gasteiger partial charge is 0.256 e. The molecule has 1 saturated heterocycles. The van der Waals surface area contributed by atoms with Gasteiger partial charge in [-0.3, -0.25) is 9.59 Å². The van der Waals surface area contributed by atoms with E-state index in [1.165, 1.54) is 0 Å². The Labute approximate surface area is 288 Å². The van der Waals surface area contributed by atoms with E-state index >= 15 is 0 Å². The maximum atomic E-state index is 12.3. The predicted molar refractivity (Wildman–Crippen MR) is 189 cm³/mol. The van der Waals surface area contributed by atoms with Gasteiger partial charge in [-0.1, -0.05) is 23.2 Å². The van der Waals surface area contributed by atoms with Crippen LogP contribution in [0, 0.1) is 0 Å². The van der Waals surface area contributed by atoms with Crippen LogP contribution in [-0.2, 0) is 9.59 Å². The Morgan fingerprint density at radius 2 is 1.34 bits per heavy atom. The lowest BCUT2D eigenvalue weighted by Crippen LogP contribution is -2.43. The first kappa shape index (κ1) is 31.0. The molecule has 0 aliphatic carbocycles. The molecule has 3 N–H and O–H groups in total. The fourth-order valence-electron chi connectivity index (χ4n) is 5.50. The van der Waals surface area contributed by atoms with E-state index in [-0.39, 0.29) is 11.8 Å². The molecule has 0 radical (unpaired) electrons. The van der Waals surface area contributed by atoms with Crippen LogP contribution in [0.5, 0.6) is 0 Å². The molecule has 47 heavy (non-hydrogen) atoms. The predicted octanol–water partition coefficient (Wildman–Crippen LogP) is 8.09. The van der Waals surface area contributed by atoms with E-state index in [1.54, 1.807) is 60.7 Å². The molecule has 0 bridgehead atoms. The van der Waals surface area contributed by atoms with Crippen molar-refractivity contribution in [2.75, 3.05) is 41.7 Å². The zero-order chi connectivity index (χ0) is 32.5. The van der Waals surface area contributed by atoms with Crippen molar-refractivity contribution in [1.29, 1.82) is 0 Å². The molecule has 9 nitrogen and oxygen atoms in total. The zero-order valence-electron chi connectivity index (χ0n) is 24.6. The third-order valence-corrected chi connectivity index (χ3v) is 8.69. The number of fused-ring (bicyclic) bond motifs is 2. The average Bonchev–Trinajstić information content (AvgIpc) is 3.86. The molecule has 2 aromatic carbocycles. The summed E-state index contributed by atoms with van der Waals surface area (Å²) in [6.45, 7) is 3.86. The van der Waals surface area contributed by atoms with E-state index in [9.17, 15) is 9.59 Å². The maximum Gasteiger partial charge on any atom is 0.256 e. The minimum absolute atomic E-state index is 0.153. The van der Waals surface area contributed by atoms with Crippen LogP contribution in [-0.4, -0.2) is 43.0 Å². The monoisotopic (exact) mass is 729 g/mol. The van der Waals surface area contributed by atoms with Crippen LogP contribution in [0.25, 0.3) is 34.6 Å². The number of pyridine rings is 1. The summed E-state index contributed by atoms with van der Waals surface area (Å²) >= 11 is 15.3. The molecular weight excluding hydrogens is 705 g/mol. The van der Waals surface area contributed by atoms with Crippen molar-refractivity contribution in [1.82, 2.24) is 10.3 Å². The van der Waals surface area contributed by atoms with Gasteiger partial charge in [0.05, 0.1) is 11.1 Å². The first-order valence-electron chi connectivity index (χ1n) is 14.7. The molecular formula is C35H26BrCl2N5O4. The van der Waals surface area contributed by atoms with E-state index in [0.29, 0.717) is 43.1 Å². The van der Waals surface area contributed by atoms with Crippen molar-refractivity contribution in [2.45, 2.75) is 0 Å². The third-order valence-electron chi connectivity index (χ3n) is 7.80. The fourth-order valence-corrected chi connectivity index (χ4v) is 6.16. The number of piperazine rings is 1. The molecule has 3 aromatic heterocycles. The summed E-state index contributed by atoms with van der Waals surface area (Å²) in [6, 6.07) is 22.0. The van der Waals surface area contributed by atoms with Crippen molar-refractivity contribution in [2.24, 2.45) is 0 Å². The molecule has 0 saturated carbocycles. The Balaban J connectivity index is 0.000000167. The standard InChI is InChI=1S/C22H19ClN4O2.C13H7BrClNO2/c23-15-2-4-19-17(11-15)18(22(28)26-19)12-16-3-5-20(29-16)14-1-6-21(25-13-14)27-9-7-24-8-10-27;14-12-4-2-8(18-12)6-10-9-5-7(15)1-3-11(9)16-13(10)17/h1-6,11-13,24H,7-10H2,(H,26,28);1-6H,(H,16,17)/b18-12-;10-6-. The van der Waals surface area contributed by atoms with Crippen LogP contribution in [0.15, 0.2) is 92.5 Å². The summed E-state index contributed by atoms with van der Waals surface area (Å²) < 4.78 is 11.9. The number of hydrogen-bond donors (Lipinski definition) is 3. The zero-order valence-corrected chi connectivity index (χ0v) is 27.7. The number of carbonyl (C=O) groups excluding carboxylic acids is 2. The second kappa shape index (κ2) is 13.2. The number of halogens is 3. The van der Waals surface area contributed by atoms with Crippen LogP contribution >= 0.6 is 39.1 Å². The summed E-state index contributed by atoms with van der Waals surface area (Å²) in [5.74, 6) is 2.58. The Morgan fingerprint density at radius 3 is 1.89 bits per heavy atom. The van der Waals surface area contributed by atoms with Gasteiger partial charge in [0.25, 0.3) is 11.8 Å². The number of nitrogens with zero attached hydrogens (tertiary/aromatic N) is 2. The second-order valence-electron chi connectivity index (χ2n) is 10.9. The average molecular weight is 731 g/mol. The van der Waals surface area contributed by atoms with Crippen molar-refractivity contribution in [3.05, 3.63) is 116 Å². The summed E-state index contributed by atoms with van der Waals surface area (Å²) in [6.07, 6.45) is 5.26. The number of hydrogen-bond acceptors (Lipinski definition) is 7. The maximum absolute atomic E-state index is 12.3. The Morgan fingerprint density at radius 1 is 0.745 bits per heavy atom. The highest BCUT2D eigenvalue weighted by atomic mass is 79.9. The number of amides is 2. The minimum atomic E-state index is -0.165. The van der Waals surface area contributed by atoms with Crippen LogP contribution in [0.3, 0.4) is 0 Å². The van der Waals surface area contributed by atoms with E-state index < -0.39 is 0 Å². The molecule has 12 heteroatoms. The van der Waals surface area contributed by atoms with Gasteiger partial charge in [-0.15, -0.1) is 0 Å². The summed E-state index contributed by atoms with van der Waals surface area (Å²) in [4.78, 5) is 31.1. The van der Waals surface area contributed by atoms with Gasteiger partial charge in [0.1, 0.15) is 23.1 Å². The molecule has 3 aliphatic rings. The SMILES string of the molecule is O=C1Nc2ccc(Cl)cc2/C1=C/c1ccc(-c2ccc(N3CCNCC3)nc2)o1.O=C1Nc2ccc(Cl)cc2/C1=C/c1ccc(Br)o1. The molecule has 0 spiro atoms. The summed E-state index contributed by atoms with van der Waals surface area (Å²) in [5.41, 5.74) is 5.08. The topological polar surface area (TPSA) is 113 Å². The number of anilines is 3. The highest BCUT2D eigenvalue weighted by Crippen LogP contribution is 2.37. The number of rotatable bonds is 4. The quantitative estimate of drug-likeness (QED) is 0.160. The van der Waals surface area contributed by atoms with Crippen molar-refractivity contribution in [3.63, 3.8) is 0 Å². The molecule has 8 rings (SSSR count). The lowest BCUT2D eigenvalue weighted by atomic mass is 10.1. The number of carbonyl (C=O) groups is 2. The molecule has 2 amide bonds. The second-order valence-corrected chi connectivity index (χ2v) is 12.5. The third kappa shape index (κ3) is 6.77. The van der Waals surface area contributed by atoms with Gasteiger partial charge in [-0.2, -0.15) is 0 Å².